The normalized spacial score (nSPS) is 11.4. The van der Waals surface area contributed by atoms with Crippen LogP contribution < -0.4 is 14.8 Å². The molecule has 1 heterocycles. The fourth-order valence-electron chi connectivity index (χ4n) is 5.05. The molecule has 1 aromatic heterocycles. The fraction of sp³-hybridized carbons (Fsp3) is 0.368. The maximum absolute atomic E-state index is 13.3. The van der Waals surface area contributed by atoms with Crippen molar-refractivity contribution in [2.45, 2.75) is 71.3 Å². The molecule has 9 heteroatoms. The number of nitrogens with zero attached hydrogens (tertiary/aromatic N) is 2. The molecule has 0 aliphatic carbocycles. The molecule has 0 saturated heterocycles. The second kappa shape index (κ2) is 18.1. The van der Waals surface area contributed by atoms with E-state index in [0.717, 1.165) is 60.2 Å². The average Bonchev–Trinajstić information content (AvgIpc) is 3.57. The van der Waals surface area contributed by atoms with Crippen LogP contribution in [0.3, 0.4) is 0 Å². The number of amides is 1. The van der Waals surface area contributed by atoms with Gasteiger partial charge in [0.15, 0.2) is 5.69 Å². The Morgan fingerprint density at radius 3 is 2.40 bits per heavy atom. The van der Waals surface area contributed by atoms with E-state index in [9.17, 15) is 9.59 Å². The zero-order valence-electron chi connectivity index (χ0n) is 27.5. The molecular weight excluding hydrogens is 592 g/mol. The van der Waals surface area contributed by atoms with Crippen LogP contribution in [0.1, 0.15) is 85.7 Å². The minimum atomic E-state index is -0.473. The number of imidazole rings is 1. The first kappa shape index (κ1) is 34.8. The first-order chi connectivity index (χ1) is 22.9. The number of hydrogen-bond donors (Lipinski definition) is 2. The summed E-state index contributed by atoms with van der Waals surface area (Å²) in [5.41, 5.74) is 4.50. The number of rotatable bonds is 18. The van der Waals surface area contributed by atoms with Crippen molar-refractivity contribution in [3.8, 4) is 22.8 Å². The number of carbonyl (C=O) groups is 2. The number of hydrogen-bond acceptors (Lipinski definition) is 6. The molecule has 9 nitrogen and oxygen atoms in total. The van der Waals surface area contributed by atoms with Crippen LogP contribution in [-0.2, 0) is 22.4 Å². The van der Waals surface area contributed by atoms with Crippen molar-refractivity contribution >= 4 is 17.6 Å². The molecule has 3 aromatic carbocycles. The number of unbranched alkanes of at least 4 members (excludes halogenated alkanes) is 2. The lowest BCUT2D eigenvalue weighted by Crippen LogP contribution is -2.30. The van der Waals surface area contributed by atoms with Crippen molar-refractivity contribution in [3.05, 3.63) is 107 Å². The molecule has 0 saturated carbocycles. The lowest BCUT2D eigenvalue weighted by atomic mass is 9.99. The maximum Gasteiger partial charge on any atom is 0.341 e. The molecule has 0 aliphatic heterocycles. The van der Waals surface area contributed by atoms with Gasteiger partial charge in [-0.3, -0.25) is 4.79 Å². The quantitative estimate of drug-likeness (QED) is 0.0648. The summed E-state index contributed by atoms with van der Waals surface area (Å²) in [6.45, 7) is 12.2. The van der Waals surface area contributed by atoms with Gasteiger partial charge in [-0.15, -0.1) is 0 Å². The van der Waals surface area contributed by atoms with Crippen LogP contribution in [0.15, 0.2) is 72.9 Å². The summed E-state index contributed by atoms with van der Waals surface area (Å²) >= 11 is 0. The molecular formula is C38H44N4O5. The van der Waals surface area contributed by atoms with E-state index in [4.69, 9.17) is 20.8 Å². The number of aromatic nitrogens is 2. The number of carbonyl (C=O) groups excluding carboxylic acids is 2. The number of aryl methyl sites for hydroxylation is 1. The predicted octanol–water partition coefficient (Wildman–Crippen LogP) is 8.19. The number of benzene rings is 3. The van der Waals surface area contributed by atoms with E-state index >= 15 is 0 Å². The van der Waals surface area contributed by atoms with Crippen LogP contribution in [0.25, 0.3) is 16.1 Å². The Morgan fingerprint density at radius 2 is 1.70 bits per heavy atom. The molecule has 1 unspecified atom stereocenters. The Labute approximate surface area is 277 Å². The van der Waals surface area contributed by atoms with Gasteiger partial charge < -0.3 is 24.5 Å². The Hall–Kier alpha value is -5.10. The highest BCUT2D eigenvalue weighted by Crippen LogP contribution is 2.28. The molecule has 2 N–H and O–H groups in total. The van der Waals surface area contributed by atoms with Gasteiger partial charge in [-0.2, -0.15) is 0 Å². The molecule has 246 valence electrons. The van der Waals surface area contributed by atoms with E-state index in [2.05, 4.69) is 27.1 Å². The van der Waals surface area contributed by atoms with Gasteiger partial charge >= 0.3 is 5.97 Å². The minimum absolute atomic E-state index is 0.0969. The fourth-order valence-corrected chi connectivity index (χ4v) is 5.05. The van der Waals surface area contributed by atoms with Crippen molar-refractivity contribution in [3.63, 3.8) is 0 Å². The third-order valence-corrected chi connectivity index (χ3v) is 7.81. The van der Waals surface area contributed by atoms with Gasteiger partial charge in [0.1, 0.15) is 22.9 Å². The average molecular weight is 637 g/mol. The van der Waals surface area contributed by atoms with Crippen molar-refractivity contribution in [1.29, 1.82) is 0 Å². The summed E-state index contributed by atoms with van der Waals surface area (Å²) in [6, 6.07) is 20.1. The molecule has 4 aromatic rings. The van der Waals surface area contributed by atoms with E-state index in [0.29, 0.717) is 55.3 Å². The Kier molecular flexibility index (Phi) is 13.4. The highest BCUT2D eigenvalue weighted by Gasteiger charge is 2.22. The zero-order chi connectivity index (χ0) is 33.4. The Balaban J connectivity index is 1.56. The predicted molar refractivity (Wildman–Crippen MR) is 183 cm³/mol. The smallest absolute Gasteiger partial charge is 0.341 e. The standard InChI is InChI=1S/C38H44N4O5/c1-5-7-22-46-35-21-16-29(24-32(35)38(44)47-23-8-6-2)33(42-37(43)11-9-10-27-12-19-31(45-4)20-13-27)25-36-40-26-34(41-36)28-14-17-30(39-3)18-15-28/h12-21,24,26,33H,5-11,22-23,25H2,1-2,4H3,(H,40,41)(H,42,43). The first-order valence-corrected chi connectivity index (χ1v) is 16.3. The summed E-state index contributed by atoms with van der Waals surface area (Å²) in [5, 5.41) is 3.20. The van der Waals surface area contributed by atoms with E-state index in [-0.39, 0.29) is 5.91 Å². The van der Waals surface area contributed by atoms with E-state index < -0.39 is 12.0 Å². The number of aromatic amines is 1. The third-order valence-electron chi connectivity index (χ3n) is 7.81. The van der Waals surface area contributed by atoms with Crippen LogP contribution in [-0.4, -0.2) is 42.2 Å². The molecule has 1 atom stereocenters. The van der Waals surface area contributed by atoms with Crippen molar-refractivity contribution in [2.24, 2.45) is 0 Å². The van der Waals surface area contributed by atoms with E-state index in [1.807, 2.05) is 49.4 Å². The van der Waals surface area contributed by atoms with Crippen molar-refractivity contribution < 1.29 is 23.8 Å². The minimum Gasteiger partial charge on any atom is -0.497 e. The van der Waals surface area contributed by atoms with Gasteiger partial charge in [-0.05, 0) is 66.6 Å². The van der Waals surface area contributed by atoms with Crippen LogP contribution >= 0.6 is 0 Å². The number of methoxy groups -OCH3 is 1. The lowest BCUT2D eigenvalue weighted by molar-refractivity contribution is -0.121. The van der Waals surface area contributed by atoms with E-state index in [1.54, 1.807) is 37.6 Å². The lowest BCUT2D eigenvalue weighted by Gasteiger charge is -2.20. The molecule has 47 heavy (non-hydrogen) atoms. The number of H-pyrrole nitrogens is 1. The molecule has 0 aliphatic rings. The van der Waals surface area contributed by atoms with Crippen LogP contribution in [0.5, 0.6) is 11.5 Å². The van der Waals surface area contributed by atoms with Crippen LogP contribution in [0.4, 0.5) is 5.69 Å². The Bertz CT molecular complexity index is 1620. The summed E-state index contributed by atoms with van der Waals surface area (Å²) in [5.74, 6) is 1.40. The van der Waals surface area contributed by atoms with Gasteiger partial charge in [0.2, 0.25) is 5.91 Å². The van der Waals surface area contributed by atoms with Gasteiger partial charge in [-0.25, -0.2) is 14.6 Å². The first-order valence-electron chi connectivity index (χ1n) is 16.3. The molecule has 1 amide bonds. The maximum atomic E-state index is 13.3. The number of esters is 1. The topological polar surface area (TPSA) is 107 Å². The summed E-state index contributed by atoms with van der Waals surface area (Å²) in [6.07, 6.45) is 7.40. The van der Waals surface area contributed by atoms with Crippen molar-refractivity contribution in [2.75, 3.05) is 20.3 Å². The molecule has 0 spiro atoms. The van der Waals surface area contributed by atoms with Gasteiger partial charge in [0, 0.05) is 12.8 Å². The second-order valence-corrected chi connectivity index (χ2v) is 11.4. The second-order valence-electron chi connectivity index (χ2n) is 11.4. The highest BCUT2D eigenvalue weighted by atomic mass is 16.5. The Morgan fingerprint density at radius 1 is 0.957 bits per heavy atom. The highest BCUT2D eigenvalue weighted by molar-refractivity contribution is 5.93. The third kappa shape index (κ3) is 10.5. The van der Waals surface area contributed by atoms with Crippen molar-refractivity contribution in [1.82, 2.24) is 15.3 Å². The molecule has 4 rings (SSSR count). The number of nitrogens with one attached hydrogen (secondary N) is 2. The number of ether oxygens (including phenoxy) is 3. The molecule has 0 radical (unpaired) electrons. The monoisotopic (exact) mass is 636 g/mol. The zero-order valence-corrected chi connectivity index (χ0v) is 27.5. The van der Waals surface area contributed by atoms with Gasteiger partial charge in [0.05, 0.1) is 44.8 Å². The van der Waals surface area contributed by atoms with Crippen LogP contribution in [0, 0.1) is 6.57 Å². The molecule has 0 fully saturated rings. The van der Waals surface area contributed by atoms with Gasteiger partial charge in [-0.1, -0.05) is 69.2 Å². The van der Waals surface area contributed by atoms with Gasteiger partial charge in [0.25, 0.3) is 0 Å². The summed E-state index contributed by atoms with van der Waals surface area (Å²) in [4.78, 5) is 38.0. The summed E-state index contributed by atoms with van der Waals surface area (Å²) < 4.78 is 16.8. The largest absolute Gasteiger partial charge is 0.497 e. The summed E-state index contributed by atoms with van der Waals surface area (Å²) in [7, 11) is 1.64. The molecule has 0 bridgehead atoms. The SMILES string of the molecule is [C-]#[N+]c1ccc(-c2cnc(CC(NC(=O)CCCc3ccc(OC)cc3)c3ccc(OCCCC)c(C(=O)OCCCC)c3)[nH]2)cc1. The van der Waals surface area contributed by atoms with E-state index in [1.165, 1.54) is 0 Å². The van der Waals surface area contributed by atoms with Crippen LogP contribution in [0.2, 0.25) is 0 Å².